The number of hydrogen-bond acceptors (Lipinski definition) is 5. The van der Waals surface area contributed by atoms with Crippen LogP contribution in [0.2, 0.25) is 0 Å². The molecular formula is C27H33FN2O4. The number of ketones is 1. The third kappa shape index (κ3) is 6.03. The van der Waals surface area contributed by atoms with Crippen molar-refractivity contribution in [2.24, 2.45) is 5.92 Å². The molecule has 1 atom stereocenters. The first-order valence-corrected chi connectivity index (χ1v) is 11.6. The SMILES string of the molecule is CC(C)CCOc1cccc(C2/C(=C(/O)c3ccc(F)cc3)C(=O)C(=O)N2CCCN(C)C)c1. The number of nitrogens with zero attached hydrogens (tertiary/aromatic N) is 2. The molecule has 1 saturated heterocycles. The lowest BCUT2D eigenvalue weighted by Gasteiger charge is -2.26. The normalized spacial score (nSPS) is 17.7. The predicted octanol–water partition coefficient (Wildman–Crippen LogP) is 4.62. The van der Waals surface area contributed by atoms with Gasteiger partial charge in [0, 0.05) is 12.1 Å². The van der Waals surface area contributed by atoms with E-state index in [0.29, 0.717) is 36.8 Å². The molecule has 2 aromatic carbocycles. The zero-order valence-corrected chi connectivity index (χ0v) is 20.3. The zero-order valence-electron chi connectivity index (χ0n) is 20.3. The van der Waals surface area contributed by atoms with Gasteiger partial charge in [-0.15, -0.1) is 0 Å². The maximum absolute atomic E-state index is 13.4. The second-order valence-corrected chi connectivity index (χ2v) is 9.26. The molecule has 1 aliphatic rings. The van der Waals surface area contributed by atoms with E-state index < -0.39 is 23.5 Å². The lowest BCUT2D eigenvalue weighted by Crippen LogP contribution is -2.32. The van der Waals surface area contributed by atoms with Crippen molar-refractivity contribution in [2.75, 3.05) is 33.8 Å². The van der Waals surface area contributed by atoms with Gasteiger partial charge in [0.2, 0.25) is 0 Å². The van der Waals surface area contributed by atoms with E-state index in [-0.39, 0.29) is 16.9 Å². The van der Waals surface area contributed by atoms with Gasteiger partial charge in [0.05, 0.1) is 18.2 Å². The van der Waals surface area contributed by atoms with Gasteiger partial charge in [-0.3, -0.25) is 9.59 Å². The molecule has 182 valence electrons. The van der Waals surface area contributed by atoms with Crippen LogP contribution in [0.3, 0.4) is 0 Å². The van der Waals surface area contributed by atoms with Crippen molar-refractivity contribution >= 4 is 17.4 Å². The number of aliphatic hydroxyl groups is 1. The van der Waals surface area contributed by atoms with E-state index >= 15 is 0 Å². The fourth-order valence-corrected chi connectivity index (χ4v) is 3.96. The first kappa shape index (κ1) is 25.4. The van der Waals surface area contributed by atoms with Gasteiger partial charge in [-0.05, 0) is 81.4 Å². The summed E-state index contributed by atoms with van der Waals surface area (Å²) in [5.41, 5.74) is 0.956. The van der Waals surface area contributed by atoms with E-state index in [0.717, 1.165) is 13.0 Å². The largest absolute Gasteiger partial charge is 0.507 e. The van der Waals surface area contributed by atoms with Crippen LogP contribution in [0.1, 0.15) is 43.9 Å². The van der Waals surface area contributed by atoms with Crippen LogP contribution in [0, 0.1) is 11.7 Å². The number of amides is 1. The van der Waals surface area contributed by atoms with E-state index in [2.05, 4.69) is 13.8 Å². The summed E-state index contributed by atoms with van der Waals surface area (Å²) in [5, 5.41) is 11.1. The predicted molar refractivity (Wildman–Crippen MR) is 130 cm³/mol. The van der Waals surface area contributed by atoms with Crippen LogP contribution < -0.4 is 4.74 Å². The molecule has 0 aliphatic carbocycles. The van der Waals surface area contributed by atoms with Crippen LogP contribution in [-0.4, -0.2) is 60.4 Å². The minimum absolute atomic E-state index is 0.000733. The molecule has 0 aromatic heterocycles. The van der Waals surface area contributed by atoms with E-state index in [4.69, 9.17) is 4.74 Å². The summed E-state index contributed by atoms with van der Waals surface area (Å²) in [6.45, 7) is 5.89. The van der Waals surface area contributed by atoms with Gasteiger partial charge >= 0.3 is 0 Å². The van der Waals surface area contributed by atoms with Crippen molar-refractivity contribution in [1.82, 2.24) is 9.80 Å². The van der Waals surface area contributed by atoms with Gasteiger partial charge in [-0.25, -0.2) is 4.39 Å². The van der Waals surface area contributed by atoms with Gasteiger partial charge < -0.3 is 19.6 Å². The highest BCUT2D eigenvalue weighted by molar-refractivity contribution is 6.46. The maximum Gasteiger partial charge on any atom is 0.295 e. The Morgan fingerprint density at radius 1 is 1.15 bits per heavy atom. The average molecular weight is 469 g/mol. The van der Waals surface area contributed by atoms with Gasteiger partial charge in [0.1, 0.15) is 17.3 Å². The first-order chi connectivity index (χ1) is 16.2. The van der Waals surface area contributed by atoms with Crippen LogP contribution in [0.15, 0.2) is 54.1 Å². The van der Waals surface area contributed by atoms with Gasteiger partial charge in [-0.1, -0.05) is 26.0 Å². The highest BCUT2D eigenvalue weighted by atomic mass is 19.1. The Morgan fingerprint density at radius 3 is 2.50 bits per heavy atom. The van der Waals surface area contributed by atoms with Crippen molar-refractivity contribution in [1.29, 1.82) is 0 Å². The molecule has 2 aromatic rings. The molecule has 1 fully saturated rings. The summed E-state index contributed by atoms with van der Waals surface area (Å²) >= 11 is 0. The summed E-state index contributed by atoms with van der Waals surface area (Å²) in [4.78, 5) is 29.6. The molecule has 1 unspecified atom stereocenters. The molecule has 0 radical (unpaired) electrons. The highest BCUT2D eigenvalue weighted by Gasteiger charge is 2.45. The van der Waals surface area contributed by atoms with Gasteiger partial charge in [0.25, 0.3) is 11.7 Å². The smallest absolute Gasteiger partial charge is 0.295 e. The quantitative estimate of drug-likeness (QED) is 0.313. The molecule has 1 heterocycles. The van der Waals surface area contributed by atoms with Gasteiger partial charge in [-0.2, -0.15) is 0 Å². The third-order valence-corrected chi connectivity index (χ3v) is 5.80. The summed E-state index contributed by atoms with van der Waals surface area (Å²) in [7, 11) is 3.89. The molecule has 0 bridgehead atoms. The Kier molecular flexibility index (Phi) is 8.45. The number of benzene rings is 2. The molecule has 34 heavy (non-hydrogen) atoms. The number of rotatable bonds is 10. The second kappa shape index (κ2) is 11.3. The van der Waals surface area contributed by atoms with Crippen molar-refractivity contribution in [3.63, 3.8) is 0 Å². The van der Waals surface area contributed by atoms with Crippen molar-refractivity contribution < 1.29 is 23.8 Å². The fourth-order valence-electron chi connectivity index (χ4n) is 3.96. The number of carbonyl (C=O) groups excluding carboxylic acids is 2. The molecule has 1 amide bonds. The summed E-state index contributed by atoms with van der Waals surface area (Å²) < 4.78 is 19.3. The Hall–Kier alpha value is -3.19. The number of halogens is 1. The summed E-state index contributed by atoms with van der Waals surface area (Å²) in [6.07, 6.45) is 1.56. The fraction of sp³-hybridized carbons (Fsp3) is 0.407. The average Bonchev–Trinajstić information content (AvgIpc) is 3.04. The zero-order chi connectivity index (χ0) is 24.8. The van der Waals surface area contributed by atoms with E-state index in [1.807, 2.05) is 43.3 Å². The minimum atomic E-state index is -0.763. The molecular weight excluding hydrogens is 435 g/mol. The Morgan fingerprint density at radius 2 is 1.85 bits per heavy atom. The number of likely N-dealkylation sites (tertiary alicyclic amines) is 1. The summed E-state index contributed by atoms with van der Waals surface area (Å²) in [6, 6.07) is 11.7. The second-order valence-electron chi connectivity index (χ2n) is 9.26. The van der Waals surface area contributed by atoms with Crippen molar-refractivity contribution in [3.8, 4) is 5.75 Å². The monoisotopic (exact) mass is 468 g/mol. The van der Waals surface area contributed by atoms with Crippen LogP contribution in [-0.2, 0) is 9.59 Å². The summed E-state index contributed by atoms with van der Waals surface area (Å²) in [5.74, 6) is -1.03. The van der Waals surface area contributed by atoms with E-state index in [1.165, 1.54) is 29.2 Å². The standard InChI is InChI=1S/C27H33FN2O4/c1-18(2)13-16-34-22-8-5-7-20(17-22)24-23(25(31)19-9-11-21(28)12-10-19)26(32)27(33)30(24)15-6-14-29(3)4/h5,7-12,17-18,24,31H,6,13-16H2,1-4H3/b25-23-. The number of hydrogen-bond donors (Lipinski definition) is 1. The molecule has 1 N–H and O–H groups in total. The number of aliphatic hydroxyl groups excluding tert-OH is 1. The maximum atomic E-state index is 13.4. The van der Waals surface area contributed by atoms with E-state index in [9.17, 15) is 19.1 Å². The van der Waals surface area contributed by atoms with Crippen LogP contribution in [0.5, 0.6) is 5.75 Å². The molecule has 7 heteroatoms. The number of carbonyl (C=O) groups is 2. The van der Waals surface area contributed by atoms with Crippen LogP contribution >= 0.6 is 0 Å². The number of Topliss-reactive ketones (excluding diaryl/α,β-unsaturated/α-hetero) is 1. The molecule has 6 nitrogen and oxygen atoms in total. The molecule has 0 saturated carbocycles. The topological polar surface area (TPSA) is 70.1 Å². The van der Waals surface area contributed by atoms with Crippen molar-refractivity contribution in [3.05, 3.63) is 71.0 Å². The minimum Gasteiger partial charge on any atom is -0.507 e. The Balaban J connectivity index is 2.02. The third-order valence-electron chi connectivity index (χ3n) is 5.80. The Bertz CT molecular complexity index is 1050. The Labute approximate surface area is 200 Å². The van der Waals surface area contributed by atoms with Gasteiger partial charge in [0.15, 0.2) is 0 Å². The molecule has 3 rings (SSSR count). The highest BCUT2D eigenvalue weighted by Crippen LogP contribution is 2.40. The van der Waals surface area contributed by atoms with Crippen LogP contribution in [0.25, 0.3) is 5.76 Å². The van der Waals surface area contributed by atoms with Crippen LogP contribution in [0.4, 0.5) is 4.39 Å². The van der Waals surface area contributed by atoms with Crippen molar-refractivity contribution in [2.45, 2.75) is 32.7 Å². The number of ether oxygens (including phenoxy) is 1. The lowest BCUT2D eigenvalue weighted by atomic mass is 9.95. The molecule has 1 aliphatic heterocycles. The molecule has 0 spiro atoms. The lowest BCUT2D eigenvalue weighted by molar-refractivity contribution is -0.139. The van der Waals surface area contributed by atoms with E-state index in [1.54, 1.807) is 0 Å². The first-order valence-electron chi connectivity index (χ1n) is 11.6.